The van der Waals surface area contributed by atoms with E-state index in [4.69, 9.17) is 9.47 Å². The molecule has 2 aromatic rings. The van der Waals surface area contributed by atoms with E-state index in [9.17, 15) is 19.7 Å². The zero-order valence-corrected chi connectivity index (χ0v) is 14.4. The summed E-state index contributed by atoms with van der Waals surface area (Å²) in [5, 5.41) is 11.0. The van der Waals surface area contributed by atoms with E-state index in [0.717, 1.165) is 11.3 Å². The number of nitrogens with zero attached hydrogens (tertiary/aromatic N) is 3. The first-order valence-corrected chi connectivity index (χ1v) is 8.19. The third kappa shape index (κ3) is 3.57. The van der Waals surface area contributed by atoms with Crippen molar-refractivity contribution in [1.29, 1.82) is 0 Å². The molecule has 26 heavy (non-hydrogen) atoms. The molecular formula is C15H13N3O7S. The molecule has 3 rings (SSSR count). The van der Waals surface area contributed by atoms with Crippen molar-refractivity contribution in [2.24, 2.45) is 4.99 Å². The van der Waals surface area contributed by atoms with Crippen molar-refractivity contribution in [2.75, 3.05) is 20.3 Å². The lowest BCUT2D eigenvalue weighted by Crippen LogP contribution is -2.23. The summed E-state index contributed by atoms with van der Waals surface area (Å²) >= 11 is 1.04. The minimum absolute atomic E-state index is 0.0516. The summed E-state index contributed by atoms with van der Waals surface area (Å²) in [5.74, 6) is -1.28. The van der Waals surface area contributed by atoms with Crippen molar-refractivity contribution in [3.8, 4) is 0 Å². The van der Waals surface area contributed by atoms with Crippen molar-refractivity contribution in [3.05, 3.63) is 45.1 Å². The summed E-state index contributed by atoms with van der Waals surface area (Å²) in [6, 6.07) is 4.17. The van der Waals surface area contributed by atoms with E-state index >= 15 is 0 Å². The van der Waals surface area contributed by atoms with Gasteiger partial charge in [0.15, 0.2) is 4.80 Å². The first-order chi connectivity index (χ1) is 12.5. The lowest BCUT2D eigenvalue weighted by atomic mass is 10.3. The number of hydrogen-bond donors (Lipinski definition) is 0. The Hall–Kier alpha value is -3.21. The number of benzene rings is 1. The molecule has 0 atom stereocenters. The van der Waals surface area contributed by atoms with Crippen LogP contribution in [0.2, 0.25) is 0 Å². The van der Waals surface area contributed by atoms with Crippen LogP contribution < -0.4 is 4.80 Å². The van der Waals surface area contributed by atoms with Crippen LogP contribution in [0, 0.1) is 10.1 Å². The normalized spacial score (nSPS) is 14.3. The molecule has 0 saturated heterocycles. The number of fused-ring (bicyclic) bond motifs is 1. The Morgan fingerprint density at radius 2 is 2.23 bits per heavy atom. The summed E-state index contributed by atoms with van der Waals surface area (Å²) in [5.41, 5.74) is 0.418. The third-order valence-corrected chi connectivity index (χ3v) is 4.49. The van der Waals surface area contributed by atoms with E-state index < -0.39 is 16.8 Å². The first-order valence-electron chi connectivity index (χ1n) is 7.38. The van der Waals surface area contributed by atoms with Crippen molar-refractivity contribution in [3.63, 3.8) is 0 Å². The number of carbonyl (C=O) groups excluding carboxylic acids is 2. The average molecular weight is 379 g/mol. The number of thiazole rings is 1. The predicted molar refractivity (Wildman–Crippen MR) is 89.0 cm³/mol. The van der Waals surface area contributed by atoms with Crippen molar-refractivity contribution in [2.45, 2.75) is 6.54 Å². The van der Waals surface area contributed by atoms with Gasteiger partial charge in [-0.05, 0) is 6.07 Å². The van der Waals surface area contributed by atoms with Crippen molar-refractivity contribution in [1.82, 2.24) is 4.57 Å². The van der Waals surface area contributed by atoms with E-state index in [1.165, 1.54) is 36.1 Å². The second kappa shape index (κ2) is 7.35. The predicted octanol–water partition coefficient (Wildman–Crippen LogP) is 1.10. The van der Waals surface area contributed by atoms with Crippen LogP contribution in [0.5, 0.6) is 0 Å². The minimum Gasteiger partial charge on any atom is -0.494 e. The molecule has 1 aromatic heterocycles. The number of aromatic nitrogens is 1. The summed E-state index contributed by atoms with van der Waals surface area (Å²) in [6.07, 6.45) is 1.18. The number of esters is 1. The molecule has 10 nitrogen and oxygen atoms in total. The molecule has 136 valence electrons. The maximum absolute atomic E-state index is 12.3. The summed E-state index contributed by atoms with van der Waals surface area (Å²) < 4.78 is 16.8. The monoisotopic (exact) mass is 379 g/mol. The molecule has 0 fully saturated rings. The molecule has 1 amide bonds. The Morgan fingerprint density at radius 3 is 2.88 bits per heavy atom. The summed E-state index contributed by atoms with van der Waals surface area (Å²) in [4.78, 5) is 38.6. The van der Waals surface area contributed by atoms with Gasteiger partial charge in [0, 0.05) is 12.1 Å². The highest BCUT2D eigenvalue weighted by atomic mass is 32.1. The second-order valence-electron chi connectivity index (χ2n) is 5.07. The molecule has 0 N–H and O–H groups in total. The van der Waals surface area contributed by atoms with E-state index in [2.05, 4.69) is 9.73 Å². The van der Waals surface area contributed by atoms with Crippen LogP contribution in [0.1, 0.15) is 0 Å². The van der Waals surface area contributed by atoms with Crippen LogP contribution in [-0.2, 0) is 30.3 Å². The molecule has 1 aliphatic rings. The number of nitro benzene ring substituents is 1. The lowest BCUT2D eigenvalue weighted by molar-refractivity contribution is -0.384. The molecule has 1 aliphatic heterocycles. The fourth-order valence-electron chi connectivity index (χ4n) is 2.23. The van der Waals surface area contributed by atoms with Crippen LogP contribution in [0.4, 0.5) is 5.69 Å². The van der Waals surface area contributed by atoms with Crippen LogP contribution in [-0.4, -0.2) is 41.7 Å². The van der Waals surface area contributed by atoms with Gasteiger partial charge in [-0.15, -0.1) is 0 Å². The van der Waals surface area contributed by atoms with Gasteiger partial charge >= 0.3 is 11.9 Å². The average Bonchev–Trinajstić information content (AvgIpc) is 2.98. The highest BCUT2D eigenvalue weighted by Gasteiger charge is 2.18. The van der Waals surface area contributed by atoms with Crippen LogP contribution in [0.25, 0.3) is 10.2 Å². The molecule has 0 spiro atoms. The maximum atomic E-state index is 12.3. The molecule has 1 aromatic carbocycles. The number of ether oxygens (including phenoxy) is 3. The van der Waals surface area contributed by atoms with Crippen molar-refractivity contribution < 1.29 is 28.7 Å². The number of rotatable bonds is 4. The second-order valence-corrected chi connectivity index (χ2v) is 6.08. The largest absolute Gasteiger partial charge is 0.494 e. The summed E-state index contributed by atoms with van der Waals surface area (Å²) in [6.45, 7) is 0.371. The number of amides is 1. The van der Waals surface area contributed by atoms with Gasteiger partial charge in [-0.25, -0.2) is 0 Å². The third-order valence-electron chi connectivity index (χ3n) is 3.45. The van der Waals surface area contributed by atoms with E-state index in [0.29, 0.717) is 16.8 Å². The number of nitro groups is 1. The number of hydrogen-bond acceptors (Lipinski definition) is 8. The summed E-state index contributed by atoms with van der Waals surface area (Å²) in [7, 11) is 1.24. The van der Waals surface area contributed by atoms with Crippen LogP contribution >= 0.6 is 11.3 Å². The highest BCUT2D eigenvalue weighted by molar-refractivity contribution is 7.16. The molecular weight excluding hydrogens is 366 g/mol. The zero-order chi connectivity index (χ0) is 18.7. The topological polar surface area (TPSA) is 122 Å². The minimum atomic E-state index is -0.677. The Bertz CT molecular complexity index is 989. The van der Waals surface area contributed by atoms with E-state index in [1.54, 1.807) is 0 Å². The van der Waals surface area contributed by atoms with Gasteiger partial charge in [-0.3, -0.25) is 19.7 Å². The highest BCUT2D eigenvalue weighted by Crippen LogP contribution is 2.23. The van der Waals surface area contributed by atoms with Gasteiger partial charge in [0.25, 0.3) is 5.69 Å². The van der Waals surface area contributed by atoms with Crippen molar-refractivity contribution >= 4 is 39.1 Å². The SMILES string of the molecule is COC(=O)Cn1c(=NC(=O)C2=COCCO2)sc2cc([N+](=O)[O-])ccc21. The zero-order valence-electron chi connectivity index (χ0n) is 13.5. The van der Waals surface area contributed by atoms with Gasteiger partial charge in [-0.2, -0.15) is 4.99 Å². The maximum Gasteiger partial charge on any atom is 0.325 e. The fraction of sp³-hybridized carbons (Fsp3) is 0.267. The number of non-ortho nitro benzene ring substituents is 1. The molecule has 0 saturated carbocycles. The van der Waals surface area contributed by atoms with Gasteiger partial charge < -0.3 is 18.8 Å². The molecule has 11 heteroatoms. The Balaban J connectivity index is 2.12. The Kier molecular flexibility index (Phi) is 4.98. The number of methoxy groups -OCH3 is 1. The van der Waals surface area contributed by atoms with Crippen LogP contribution in [0.3, 0.4) is 0 Å². The number of carbonyl (C=O) groups is 2. The van der Waals surface area contributed by atoms with Gasteiger partial charge in [0.2, 0.25) is 5.76 Å². The van der Waals surface area contributed by atoms with E-state index in [-0.39, 0.29) is 29.4 Å². The van der Waals surface area contributed by atoms with Crippen LogP contribution in [0.15, 0.2) is 35.2 Å². The van der Waals surface area contributed by atoms with Gasteiger partial charge in [0.05, 0.1) is 22.2 Å². The Morgan fingerprint density at radius 1 is 1.42 bits per heavy atom. The fourth-order valence-corrected chi connectivity index (χ4v) is 3.29. The molecule has 2 heterocycles. The molecule has 0 unspecified atom stereocenters. The molecule has 0 aliphatic carbocycles. The Labute approximate surface area is 150 Å². The first kappa shape index (κ1) is 17.6. The molecule has 0 radical (unpaired) electrons. The standard InChI is InChI=1S/C15H13N3O7S/c1-23-13(19)7-17-10-3-2-9(18(21)22)6-12(10)26-15(17)16-14(20)11-8-24-4-5-25-11/h2-3,6,8H,4-5,7H2,1H3. The van der Waals surface area contributed by atoms with Gasteiger partial charge in [-0.1, -0.05) is 11.3 Å². The smallest absolute Gasteiger partial charge is 0.325 e. The quantitative estimate of drug-likeness (QED) is 0.443. The van der Waals surface area contributed by atoms with E-state index in [1.807, 2.05) is 0 Å². The van der Waals surface area contributed by atoms with Gasteiger partial charge in [0.1, 0.15) is 26.0 Å². The molecule has 0 bridgehead atoms. The lowest BCUT2D eigenvalue weighted by Gasteiger charge is -2.12.